The van der Waals surface area contributed by atoms with Crippen LogP contribution in [0.15, 0.2) is 0 Å². The van der Waals surface area contributed by atoms with E-state index in [0.29, 0.717) is 6.42 Å². The first-order chi connectivity index (χ1) is 6.92. The van der Waals surface area contributed by atoms with E-state index in [9.17, 15) is 9.59 Å². The van der Waals surface area contributed by atoms with Crippen molar-refractivity contribution in [1.82, 2.24) is 5.32 Å². The molecule has 1 unspecified atom stereocenters. The zero-order chi connectivity index (χ0) is 12.1. The van der Waals surface area contributed by atoms with Crippen molar-refractivity contribution in [3.8, 4) is 0 Å². The lowest BCUT2D eigenvalue weighted by atomic mass is 9.97. The molecule has 15 heavy (non-hydrogen) atoms. The van der Waals surface area contributed by atoms with Gasteiger partial charge >= 0.3 is 5.97 Å². The molecule has 0 aromatic rings. The normalized spacial score (nSPS) is 13.3. The maximum absolute atomic E-state index is 11.4. The van der Waals surface area contributed by atoms with Gasteiger partial charge in [0.1, 0.15) is 5.92 Å². The summed E-state index contributed by atoms with van der Waals surface area (Å²) in [7, 11) is 0. The molecule has 4 N–H and O–H groups in total. The van der Waals surface area contributed by atoms with Crippen LogP contribution in [-0.2, 0) is 9.59 Å². The van der Waals surface area contributed by atoms with E-state index in [-0.39, 0.29) is 0 Å². The second-order valence-electron chi connectivity index (χ2n) is 3.50. The van der Waals surface area contributed by atoms with E-state index in [0.717, 1.165) is 0 Å². The molecule has 88 valence electrons. The van der Waals surface area contributed by atoms with Gasteiger partial charge in [0.2, 0.25) is 5.91 Å². The first-order valence-corrected chi connectivity index (χ1v) is 4.69. The number of hydrogen-bond donors (Lipinski definition) is 4. The van der Waals surface area contributed by atoms with Gasteiger partial charge in [0, 0.05) is 0 Å². The SMILES string of the molecule is CCC(CO)(CO)NC(=O)C(C)C(=O)O. The number of carbonyl (C=O) groups is 2. The fraction of sp³-hybridized carbons (Fsp3) is 0.778. The largest absolute Gasteiger partial charge is 0.481 e. The van der Waals surface area contributed by atoms with Crippen molar-refractivity contribution in [1.29, 1.82) is 0 Å². The Balaban J connectivity index is 4.55. The monoisotopic (exact) mass is 219 g/mol. The molecule has 0 fully saturated rings. The smallest absolute Gasteiger partial charge is 0.315 e. The highest BCUT2D eigenvalue weighted by molar-refractivity contribution is 5.96. The van der Waals surface area contributed by atoms with Crippen molar-refractivity contribution in [3.05, 3.63) is 0 Å². The molecule has 0 aromatic heterocycles. The van der Waals surface area contributed by atoms with Crippen LogP contribution in [0.1, 0.15) is 20.3 Å². The maximum atomic E-state index is 11.4. The number of aliphatic hydroxyl groups excluding tert-OH is 2. The van der Waals surface area contributed by atoms with Gasteiger partial charge in [0.25, 0.3) is 0 Å². The van der Waals surface area contributed by atoms with E-state index in [2.05, 4.69) is 5.32 Å². The fourth-order valence-electron chi connectivity index (χ4n) is 0.923. The minimum atomic E-state index is -1.24. The maximum Gasteiger partial charge on any atom is 0.315 e. The molecule has 0 spiro atoms. The molecule has 0 radical (unpaired) electrons. The summed E-state index contributed by atoms with van der Waals surface area (Å²) in [6, 6.07) is 0. The number of rotatable bonds is 6. The molecular formula is C9H17NO5. The molecule has 0 rings (SSSR count). The molecule has 0 aliphatic heterocycles. The van der Waals surface area contributed by atoms with E-state index >= 15 is 0 Å². The number of aliphatic hydroxyl groups is 2. The summed E-state index contributed by atoms with van der Waals surface area (Å²) < 4.78 is 0. The molecule has 6 nitrogen and oxygen atoms in total. The molecule has 0 heterocycles. The Bertz CT molecular complexity index is 228. The standard InChI is InChI=1S/C9H17NO5/c1-3-9(4-11,5-12)10-7(13)6(2)8(14)15/h6,11-12H,3-5H2,1-2H3,(H,10,13)(H,14,15). The van der Waals surface area contributed by atoms with E-state index in [4.69, 9.17) is 15.3 Å². The summed E-state index contributed by atoms with van der Waals surface area (Å²) >= 11 is 0. The molecule has 1 atom stereocenters. The lowest BCUT2D eigenvalue weighted by Gasteiger charge is -2.30. The van der Waals surface area contributed by atoms with Crippen LogP contribution >= 0.6 is 0 Å². The zero-order valence-corrected chi connectivity index (χ0v) is 8.86. The summed E-state index contributed by atoms with van der Waals surface area (Å²) in [5, 5.41) is 29.0. The van der Waals surface area contributed by atoms with E-state index < -0.39 is 36.5 Å². The predicted molar refractivity (Wildman–Crippen MR) is 52.1 cm³/mol. The third-order valence-electron chi connectivity index (χ3n) is 2.43. The van der Waals surface area contributed by atoms with E-state index in [1.807, 2.05) is 0 Å². The van der Waals surface area contributed by atoms with Crippen molar-refractivity contribution in [2.45, 2.75) is 25.8 Å². The average molecular weight is 219 g/mol. The van der Waals surface area contributed by atoms with Crippen LogP contribution in [-0.4, -0.2) is 45.9 Å². The van der Waals surface area contributed by atoms with Crippen LogP contribution in [0.3, 0.4) is 0 Å². The summed E-state index contributed by atoms with van der Waals surface area (Å²) in [5.41, 5.74) is -1.14. The highest BCUT2D eigenvalue weighted by Gasteiger charge is 2.32. The Hall–Kier alpha value is -1.14. The second kappa shape index (κ2) is 5.67. The van der Waals surface area contributed by atoms with Crippen LogP contribution in [0.2, 0.25) is 0 Å². The molecule has 0 aromatic carbocycles. The van der Waals surface area contributed by atoms with Crippen LogP contribution in [0.25, 0.3) is 0 Å². The molecular weight excluding hydrogens is 202 g/mol. The van der Waals surface area contributed by atoms with Crippen LogP contribution in [0, 0.1) is 5.92 Å². The first kappa shape index (κ1) is 13.9. The zero-order valence-electron chi connectivity index (χ0n) is 8.86. The summed E-state index contributed by atoms with van der Waals surface area (Å²) in [4.78, 5) is 21.9. The fourth-order valence-corrected chi connectivity index (χ4v) is 0.923. The Labute approximate surface area is 87.9 Å². The molecule has 0 aliphatic carbocycles. The van der Waals surface area contributed by atoms with Gasteiger partial charge in [-0.15, -0.1) is 0 Å². The molecule has 0 saturated carbocycles. The predicted octanol–water partition coefficient (Wildman–Crippen LogP) is -1.04. The van der Waals surface area contributed by atoms with Gasteiger partial charge in [-0.05, 0) is 13.3 Å². The number of carboxylic acids is 1. The van der Waals surface area contributed by atoms with Crippen molar-refractivity contribution < 1.29 is 24.9 Å². The number of carbonyl (C=O) groups excluding carboxylic acids is 1. The van der Waals surface area contributed by atoms with Crippen molar-refractivity contribution in [2.24, 2.45) is 5.92 Å². The third-order valence-corrected chi connectivity index (χ3v) is 2.43. The van der Waals surface area contributed by atoms with Crippen LogP contribution in [0.5, 0.6) is 0 Å². The average Bonchev–Trinajstić information content (AvgIpc) is 2.24. The van der Waals surface area contributed by atoms with Crippen LogP contribution in [0.4, 0.5) is 0 Å². The second-order valence-corrected chi connectivity index (χ2v) is 3.50. The molecule has 0 saturated heterocycles. The molecule has 0 aliphatic rings. The molecule has 0 bridgehead atoms. The molecule has 6 heteroatoms. The van der Waals surface area contributed by atoms with Crippen molar-refractivity contribution in [3.63, 3.8) is 0 Å². The van der Waals surface area contributed by atoms with Crippen LogP contribution < -0.4 is 5.32 Å². The summed E-state index contributed by atoms with van der Waals surface area (Å²) in [6.07, 6.45) is 0.318. The third kappa shape index (κ3) is 3.49. The highest BCUT2D eigenvalue weighted by Crippen LogP contribution is 2.09. The van der Waals surface area contributed by atoms with Gasteiger partial charge in [-0.1, -0.05) is 6.92 Å². The van der Waals surface area contributed by atoms with Crippen molar-refractivity contribution >= 4 is 11.9 Å². The van der Waals surface area contributed by atoms with Gasteiger partial charge in [0.05, 0.1) is 18.8 Å². The van der Waals surface area contributed by atoms with Gasteiger partial charge in [0.15, 0.2) is 0 Å². The number of nitrogens with one attached hydrogen (secondary N) is 1. The van der Waals surface area contributed by atoms with Crippen molar-refractivity contribution in [2.75, 3.05) is 13.2 Å². The Morgan fingerprint density at radius 3 is 2.07 bits per heavy atom. The topological polar surface area (TPSA) is 107 Å². The first-order valence-electron chi connectivity index (χ1n) is 4.69. The van der Waals surface area contributed by atoms with Gasteiger partial charge in [-0.3, -0.25) is 9.59 Å². The number of carboxylic acid groups (broad SMARTS) is 1. The Morgan fingerprint density at radius 2 is 1.80 bits per heavy atom. The quantitative estimate of drug-likeness (QED) is 0.427. The van der Waals surface area contributed by atoms with Gasteiger partial charge < -0.3 is 20.6 Å². The highest BCUT2D eigenvalue weighted by atomic mass is 16.4. The number of aliphatic carboxylic acids is 1. The van der Waals surface area contributed by atoms with Gasteiger partial charge in [-0.2, -0.15) is 0 Å². The minimum Gasteiger partial charge on any atom is -0.481 e. The Kier molecular flexibility index (Phi) is 5.24. The number of amides is 1. The lowest BCUT2D eigenvalue weighted by Crippen LogP contribution is -2.55. The summed E-state index contributed by atoms with van der Waals surface area (Å²) in [6.45, 7) is 2.06. The molecule has 1 amide bonds. The number of hydrogen-bond acceptors (Lipinski definition) is 4. The van der Waals surface area contributed by atoms with Gasteiger partial charge in [-0.25, -0.2) is 0 Å². The summed E-state index contributed by atoms with van der Waals surface area (Å²) in [5.74, 6) is -3.16. The Morgan fingerprint density at radius 1 is 1.33 bits per heavy atom. The van der Waals surface area contributed by atoms with E-state index in [1.54, 1.807) is 6.92 Å². The van der Waals surface area contributed by atoms with E-state index in [1.165, 1.54) is 6.92 Å². The minimum absolute atomic E-state index is 0.318. The lowest BCUT2D eigenvalue weighted by molar-refractivity contribution is -0.147.